The Bertz CT molecular complexity index is 1120. The number of benzene rings is 1. The van der Waals surface area contributed by atoms with Crippen molar-refractivity contribution < 1.29 is 27.2 Å². The number of rotatable bonds is 3. The van der Waals surface area contributed by atoms with E-state index in [4.69, 9.17) is 0 Å². The molecule has 0 spiro atoms. The molecular formula is C21H18F4N4O2. The number of H-pyrrole nitrogens is 1. The number of carbonyl (C=O) groups excluding carboxylic acids is 2. The number of alkyl halides is 3. The molecule has 1 aliphatic carbocycles. The van der Waals surface area contributed by atoms with E-state index in [9.17, 15) is 27.2 Å². The first kappa shape index (κ1) is 20.8. The van der Waals surface area contributed by atoms with Gasteiger partial charge in [-0.05, 0) is 43.5 Å². The summed E-state index contributed by atoms with van der Waals surface area (Å²) in [5.41, 5.74) is -2.86. The van der Waals surface area contributed by atoms with Gasteiger partial charge in [0.2, 0.25) is 5.54 Å². The van der Waals surface area contributed by atoms with E-state index in [0.29, 0.717) is 30.2 Å². The molecule has 4 N–H and O–H groups in total. The molecule has 0 radical (unpaired) electrons. The average Bonchev–Trinajstić information content (AvgIpc) is 3.42. The molecule has 1 fully saturated rings. The lowest BCUT2D eigenvalue weighted by atomic mass is 9.85. The van der Waals surface area contributed by atoms with E-state index in [2.05, 4.69) is 27.5 Å². The topological polar surface area (TPSA) is 86.0 Å². The lowest BCUT2D eigenvalue weighted by Gasteiger charge is -2.37. The standard InChI is InChI=1S/C21H18F4N4O2/c1-11-5-7-26-17(11)18(30)27-10-13-8-16-14(9-15(13)22)20(21(23,24)25,29-19(31)28-16)6-4-12-2-3-12/h5,7-9,12,26H,2-3,10H2,1H3,(H,27,30)(H2,28,29,31)/t20-/m0/s1. The fourth-order valence-corrected chi connectivity index (χ4v) is 3.35. The number of aromatic amines is 1. The van der Waals surface area contributed by atoms with Gasteiger partial charge in [-0.1, -0.05) is 11.8 Å². The molecule has 2 aliphatic rings. The highest BCUT2D eigenvalue weighted by molar-refractivity contribution is 5.95. The minimum absolute atomic E-state index is 0.0789. The van der Waals surface area contributed by atoms with Gasteiger partial charge in [-0.25, -0.2) is 9.18 Å². The van der Waals surface area contributed by atoms with Crippen molar-refractivity contribution in [2.45, 2.75) is 38.0 Å². The molecule has 10 heteroatoms. The van der Waals surface area contributed by atoms with Crippen LogP contribution in [0.1, 0.15) is 40.0 Å². The molecule has 2 aromatic rings. The number of urea groups is 1. The smallest absolute Gasteiger partial charge is 0.357 e. The van der Waals surface area contributed by atoms with Crippen molar-refractivity contribution in [3.63, 3.8) is 0 Å². The van der Waals surface area contributed by atoms with Gasteiger partial charge in [0, 0.05) is 35.5 Å². The summed E-state index contributed by atoms with van der Waals surface area (Å²) in [5, 5.41) is 6.63. The molecule has 0 bridgehead atoms. The second-order valence-electron chi connectivity index (χ2n) is 7.58. The Balaban J connectivity index is 1.69. The SMILES string of the molecule is Cc1cc[nH]c1C(=O)NCc1cc2c(cc1F)[C@@](C#CC1CC1)(C(F)(F)F)NC(=O)N2. The Kier molecular flexibility index (Phi) is 4.92. The number of hydrogen-bond acceptors (Lipinski definition) is 2. The molecule has 3 amide bonds. The van der Waals surface area contributed by atoms with Crippen LogP contribution in [-0.4, -0.2) is 23.1 Å². The molecule has 1 saturated carbocycles. The van der Waals surface area contributed by atoms with E-state index < -0.39 is 35.0 Å². The molecule has 0 saturated heterocycles. The Morgan fingerprint density at radius 1 is 1.32 bits per heavy atom. The number of aromatic nitrogens is 1. The average molecular weight is 434 g/mol. The van der Waals surface area contributed by atoms with Crippen LogP contribution in [0.15, 0.2) is 24.4 Å². The molecular weight excluding hydrogens is 416 g/mol. The first-order valence-corrected chi connectivity index (χ1v) is 9.54. The van der Waals surface area contributed by atoms with E-state index in [-0.39, 0.29) is 23.7 Å². The first-order valence-electron chi connectivity index (χ1n) is 9.54. The van der Waals surface area contributed by atoms with Crippen molar-refractivity contribution >= 4 is 17.6 Å². The maximum atomic E-state index is 14.8. The van der Waals surface area contributed by atoms with Crippen LogP contribution < -0.4 is 16.0 Å². The number of nitrogens with one attached hydrogen (secondary N) is 4. The van der Waals surface area contributed by atoms with Crippen LogP contribution >= 0.6 is 0 Å². The Labute approximate surface area is 174 Å². The highest BCUT2D eigenvalue weighted by atomic mass is 19.4. The van der Waals surface area contributed by atoms with E-state index in [1.807, 2.05) is 5.32 Å². The second-order valence-corrected chi connectivity index (χ2v) is 7.58. The molecule has 4 rings (SSSR count). The predicted octanol–water partition coefficient (Wildman–Crippen LogP) is 3.70. The summed E-state index contributed by atoms with van der Waals surface area (Å²) in [7, 11) is 0. The lowest BCUT2D eigenvalue weighted by Crippen LogP contribution is -2.59. The Hall–Kier alpha value is -3.48. The van der Waals surface area contributed by atoms with Gasteiger partial charge in [0.1, 0.15) is 11.5 Å². The highest BCUT2D eigenvalue weighted by Gasteiger charge is 2.59. The number of aryl methyl sites for hydroxylation is 1. The van der Waals surface area contributed by atoms with Crippen LogP contribution in [0.3, 0.4) is 0 Å². The van der Waals surface area contributed by atoms with Gasteiger partial charge in [0.25, 0.3) is 5.91 Å². The van der Waals surface area contributed by atoms with Gasteiger partial charge in [-0.3, -0.25) is 4.79 Å². The largest absolute Gasteiger partial charge is 0.427 e. The molecule has 162 valence electrons. The normalized spacial score (nSPS) is 20.1. The molecule has 6 nitrogen and oxygen atoms in total. The third-order valence-electron chi connectivity index (χ3n) is 5.23. The number of halogens is 4. The quantitative estimate of drug-likeness (QED) is 0.439. The molecule has 1 aromatic heterocycles. The molecule has 2 heterocycles. The monoisotopic (exact) mass is 434 g/mol. The third-order valence-corrected chi connectivity index (χ3v) is 5.23. The van der Waals surface area contributed by atoms with Crippen molar-refractivity contribution in [1.82, 2.24) is 15.6 Å². The number of anilines is 1. The van der Waals surface area contributed by atoms with Crippen LogP contribution in [0.2, 0.25) is 0 Å². The van der Waals surface area contributed by atoms with Crippen molar-refractivity contribution in [2.24, 2.45) is 5.92 Å². The summed E-state index contributed by atoms with van der Waals surface area (Å²) >= 11 is 0. The van der Waals surface area contributed by atoms with Crippen LogP contribution in [0.5, 0.6) is 0 Å². The van der Waals surface area contributed by atoms with E-state index in [0.717, 1.165) is 6.07 Å². The number of amides is 3. The van der Waals surface area contributed by atoms with Gasteiger partial charge in [0.05, 0.1) is 0 Å². The zero-order valence-electron chi connectivity index (χ0n) is 16.3. The zero-order valence-corrected chi connectivity index (χ0v) is 16.3. The van der Waals surface area contributed by atoms with Crippen LogP contribution in [-0.2, 0) is 12.1 Å². The maximum Gasteiger partial charge on any atom is 0.427 e. The number of hydrogen-bond donors (Lipinski definition) is 4. The van der Waals surface area contributed by atoms with Gasteiger partial charge < -0.3 is 20.9 Å². The second kappa shape index (κ2) is 7.34. The van der Waals surface area contributed by atoms with Crippen LogP contribution in [0.4, 0.5) is 28.0 Å². The van der Waals surface area contributed by atoms with Gasteiger partial charge in [-0.15, -0.1) is 0 Å². The van der Waals surface area contributed by atoms with Gasteiger partial charge in [-0.2, -0.15) is 13.2 Å². The summed E-state index contributed by atoms with van der Waals surface area (Å²) in [5.74, 6) is 3.08. The fraction of sp³-hybridized carbons (Fsp3) is 0.333. The molecule has 31 heavy (non-hydrogen) atoms. The summed E-state index contributed by atoms with van der Waals surface area (Å²) < 4.78 is 57.0. The lowest BCUT2D eigenvalue weighted by molar-refractivity contribution is -0.178. The summed E-state index contributed by atoms with van der Waals surface area (Å²) in [6.07, 6.45) is -2.03. The summed E-state index contributed by atoms with van der Waals surface area (Å²) in [4.78, 5) is 27.0. The van der Waals surface area contributed by atoms with E-state index in [1.165, 1.54) is 0 Å². The minimum atomic E-state index is -4.98. The molecule has 0 unspecified atom stereocenters. The van der Waals surface area contributed by atoms with Crippen molar-refractivity contribution in [2.75, 3.05) is 5.32 Å². The highest BCUT2D eigenvalue weighted by Crippen LogP contribution is 2.45. The van der Waals surface area contributed by atoms with Gasteiger partial charge >= 0.3 is 12.2 Å². The van der Waals surface area contributed by atoms with E-state index in [1.54, 1.807) is 19.2 Å². The molecule has 1 aromatic carbocycles. The zero-order chi connectivity index (χ0) is 22.4. The minimum Gasteiger partial charge on any atom is -0.357 e. The molecule has 1 aliphatic heterocycles. The first-order chi connectivity index (χ1) is 14.6. The van der Waals surface area contributed by atoms with Crippen molar-refractivity contribution in [1.29, 1.82) is 0 Å². The fourth-order valence-electron chi connectivity index (χ4n) is 3.35. The van der Waals surface area contributed by atoms with Crippen LogP contribution in [0, 0.1) is 30.5 Å². The Morgan fingerprint density at radius 3 is 2.68 bits per heavy atom. The Morgan fingerprint density at radius 2 is 2.06 bits per heavy atom. The summed E-state index contributed by atoms with van der Waals surface area (Å²) in [6, 6.07) is 2.39. The van der Waals surface area contributed by atoms with Crippen LogP contribution in [0.25, 0.3) is 0 Å². The predicted molar refractivity (Wildman–Crippen MR) is 103 cm³/mol. The van der Waals surface area contributed by atoms with Crippen molar-refractivity contribution in [3.8, 4) is 11.8 Å². The van der Waals surface area contributed by atoms with Gasteiger partial charge in [0.15, 0.2) is 0 Å². The number of fused-ring (bicyclic) bond motifs is 1. The van der Waals surface area contributed by atoms with E-state index >= 15 is 0 Å². The van der Waals surface area contributed by atoms with Crippen molar-refractivity contribution in [3.05, 3.63) is 52.6 Å². The molecule has 1 atom stereocenters. The number of carbonyl (C=O) groups is 2. The summed E-state index contributed by atoms with van der Waals surface area (Å²) in [6.45, 7) is 1.43. The third kappa shape index (κ3) is 3.83. The maximum absolute atomic E-state index is 14.8.